The van der Waals surface area contributed by atoms with Crippen molar-refractivity contribution in [2.75, 3.05) is 42.1 Å². The van der Waals surface area contributed by atoms with Crippen molar-refractivity contribution < 1.29 is 62.9 Å². The molecule has 16 atom stereocenters. The summed E-state index contributed by atoms with van der Waals surface area (Å²) in [5, 5.41) is 34.6. The lowest BCUT2D eigenvalue weighted by atomic mass is 9.78. The Kier molecular flexibility index (Phi) is 20.6. The van der Waals surface area contributed by atoms with E-state index < -0.39 is 78.2 Å². The number of fused-ring (bicyclic) bond motifs is 2. The summed E-state index contributed by atoms with van der Waals surface area (Å²) >= 11 is 0. The van der Waals surface area contributed by atoms with E-state index in [9.17, 15) is 29.7 Å². The lowest BCUT2D eigenvalue weighted by Gasteiger charge is -2.39. The summed E-state index contributed by atoms with van der Waals surface area (Å²) < 4.78 is 41.9. The summed E-state index contributed by atoms with van der Waals surface area (Å²) in [6, 6.07) is 0. The van der Waals surface area contributed by atoms with Gasteiger partial charge in [-0.25, -0.2) is 4.79 Å². The number of carbonyl (C=O) groups is 3. The highest BCUT2D eigenvalue weighted by Crippen LogP contribution is 2.42. The van der Waals surface area contributed by atoms with Gasteiger partial charge in [0, 0.05) is 97.1 Å². The number of hydrogen-bond donors (Lipinski definition) is 3. The van der Waals surface area contributed by atoms with E-state index in [0.717, 1.165) is 0 Å². The highest BCUT2D eigenvalue weighted by Gasteiger charge is 2.59. The average molecular weight is 836 g/mol. The Morgan fingerprint density at radius 2 is 1.71 bits per heavy atom. The van der Waals surface area contributed by atoms with Crippen molar-refractivity contribution in [1.29, 1.82) is 0 Å². The Bertz CT molecular complexity index is 1440. The van der Waals surface area contributed by atoms with Crippen LogP contribution in [0.3, 0.4) is 0 Å². The number of methoxy groups -OCH3 is 4. The molecule has 336 valence electrons. The Hall–Kier alpha value is -2.79. The molecule has 0 radical (unpaired) electrons. The molecule has 0 aliphatic carbocycles. The topological polar surface area (TPSA) is 183 Å². The second kappa shape index (κ2) is 24.0. The first-order valence-electron chi connectivity index (χ1n) is 21.0. The average Bonchev–Trinajstić information content (AvgIpc) is 4.03. The third-order valence-electron chi connectivity index (χ3n) is 12.7. The third kappa shape index (κ3) is 14.1. The molecule has 0 aromatic rings. The Labute approximate surface area is 351 Å². The van der Waals surface area contributed by atoms with Gasteiger partial charge >= 0.3 is 5.97 Å². The van der Waals surface area contributed by atoms with E-state index in [1.54, 1.807) is 53.7 Å². The van der Waals surface area contributed by atoms with Crippen molar-refractivity contribution in [2.45, 2.75) is 147 Å². The highest BCUT2D eigenvalue weighted by atomic mass is 16.6. The standard InChI is InChI=1S/C45H73NO13/c1-27-15-18-41(51)59-44(32(6)42(52)28(2)16-17-35(48)30(4)43(56-11)29(3)19-20-46(7)26-47)31(5)37(53-8)24-40(55-10)45(25-57-45)39(50)23-34-14-12-13-33(58-34)22-38(54-9)36(49)21-27/h12-13,15,18-21,26,28-34,36-40,42-44,49-50,52H,14,16-17,22-25H2,1-11H3/b18-15+,20-19+,27-21+/t28-,29+,30-,31-,32-,33-,34-,36-,37+,38+,39-,40-,42-,43+,44-,45-/m0/s1. The molecule has 59 heavy (non-hydrogen) atoms. The predicted octanol–water partition coefficient (Wildman–Crippen LogP) is 4.34. The van der Waals surface area contributed by atoms with Gasteiger partial charge in [0.25, 0.3) is 0 Å². The first-order valence-corrected chi connectivity index (χ1v) is 21.0. The van der Waals surface area contributed by atoms with Crippen molar-refractivity contribution >= 4 is 18.2 Å². The zero-order chi connectivity index (χ0) is 44.0. The number of aliphatic hydroxyl groups excluding tert-OH is 3. The van der Waals surface area contributed by atoms with Crippen LogP contribution in [0.15, 0.2) is 48.2 Å². The molecule has 3 heterocycles. The number of rotatable bonds is 16. The number of esters is 1. The molecule has 0 saturated carbocycles. The van der Waals surface area contributed by atoms with Crippen molar-refractivity contribution in [3.63, 3.8) is 0 Å². The zero-order valence-electron chi connectivity index (χ0n) is 37.1. The summed E-state index contributed by atoms with van der Waals surface area (Å²) in [7, 11) is 7.84. The molecule has 3 aliphatic heterocycles. The van der Waals surface area contributed by atoms with Crippen LogP contribution in [-0.4, -0.2) is 147 Å². The fourth-order valence-electron chi connectivity index (χ4n) is 8.64. The van der Waals surface area contributed by atoms with Crippen molar-refractivity contribution in [1.82, 2.24) is 4.90 Å². The Morgan fingerprint density at radius 1 is 1.03 bits per heavy atom. The quantitative estimate of drug-likeness (QED) is 0.0865. The van der Waals surface area contributed by atoms with E-state index in [1.165, 1.54) is 18.1 Å². The van der Waals surface area contributed by atoms with Crippen LogP contribution >= 0.6 is 0 Å². The third-order valence-corrected chi connectivity index (χ3v) is 12.7. The number of carbonyl (C=O) groups excluding carboxylic acids is 3. The SMILES string of the molecule is CO[C@H]([C@H](C)/C=C/N(C)C=O)[C@@H](C)C(=O)CC[C@H](C)[C@H](O)[C@H](C)[C@H]1OC(=O)/C=C/C(C)=C/[C@H](O)[C@H](OC)C[C@@H]2C=CC[C@@H](C[C@H](O)[C@@]3(CO3)[C@@H](OC)C[C@@H](OC)[C@@H]1C)O2. The van der Waals surface area contributed by atoms with E-state index in [2.05, 4.69) is 0 Å². The van der Waals surface area contributed by atoms with Gasteiger partial charge in [-0.15, -0.1) is 0 Å². The molecule has 14 heteroatoms. The molecule has 3 N–H and O–H groups in total. The van der Waals surface area contributed by atoms with Gasteiger partial charge in [0.2, 0.25) is 6.41 Å². The van der Waals surface area contributed by atoms with Crippen LogP contribution < -0.4 is 0 Å². The number of amides is 1. The van der Waals surface area contributed by atoms with Gasteiger partial charge in [-0.3, -0.25) is 9.59 Å². The minimum absolute atomic E-state index is 0.0137. The molecular weight excluding hydrogens is 762 g/mol. The number of allylic oxidation sites excluding steroid dienone is 2. The maximum Gasteiger partial charge on any atom is 0.331 e. The number of ketones is 1. The van der Waals surface area contributed by atoms with Crippen molar-refractivity contribution in [2.24, 2.45) is 29.6 Å². The molecule has 1 amide bonds. The van der Waals surface area contributed by atoms with E-state index in [-0.39, 0.29) is 42.9 Å². The van der Waals surface area contributed by atoms with Crippen LogP contribution in [0.25, 0.3) is 0 Å². The zero-order valence-corrected chi connectivity index (χ0v) is 37.1. The first kappa shape index (κ1) is 50.6. The van der Waals surface area contributed by atoms with Crippen LogP contribution in [0, 0.1) is 29.6 Å². The fraction of sp³-hybridized carbons (Fsp3) is 0.756. The van der Waals surface area contributed by atoms with Crippen molar-refractivity contribution in [3.05, 3.63) is 48.2 Å². The molecule has 0 unspecified atom stereocenters. The molecule has 1 saturated heterocycles. The number of hydrogen-bond acceptors (Lipinski definition) is 13. The monoisotopic (exact) mass is 836 g/mol. The Morgan fingerprint density at radius 3 is 2.31 bits per heavy atom. The van der Waals surface area contributed by atoms with Crippen LogP contribution in [0.5, 0.6) is 0 Å². The van der Waals surface area contributed by atoms with Crippen LogP contribution in [0.4, 0.5) is 0 Å². The molecule has 0 aromatic heterocycles. The summed E-state index contributed by atoms with van der Waals surface area (Å²) in [6.45, 7) is 11.4. The van der Waals surface area contributed by atoms with E-state index in [4.69, 9.17) is 33.2 Å². The Balaban J connectivity index is 1.88. The van der Waals surface area contributed by atoms with Gasteiger partial charge in [-0.05, 0) is 25.7 Å². The van der Waals surface area contributed by atoms with E-state index in [1.807, 2.05) is 52.8 Å². The second-order valence-corrected chi connectivity index (χ2v) is 17.0. The highest BCUT2D eigenvalue weighted by molar-refractivity contribution is 5.82. The van der Waals surface area contributed by atoms with Gasteiger partial charge in [-0.2, -0.15) is 0 Å². The lowest BCUT2D eigenvalue weighted by molar-refractivity contribution is -0.159. The minimum Gasteiger partial charge on any atom is -0.458 e. The number of aliphatic hydroxyl groups is 3. The smallest absolute Gasteiger partial charge is 0.331 e. The minimum atomic E-state index is -1.00. The summed E-state index contributed by atoms with van der Waals surface area (Å²) in [6.07, 6.45) is 8.18. The molecule has 3 rings (SSSR count). The van der Waals surface area contributed by atoms with Gasteiger partial charge in [-0.1, -0.05) is 70.6 Å². The van der Waals surface area contributed by atoms with Gasteiger partial charge < -0.3 is 53.4 Å². The molecule has 3 aliphatic rings. The summed E-state index contributed by atoms with van der Waals surface area (Å²) in [4.78, 5) is 39.4. The van der Waals surface area contributed by atoms with Gasteiger partial charge in [0.15, 0.2) is 0 Å². The number of cyclic esters (lactones) is 1. The normalized spacial score (nSPS) is 35.7. The fourth-order valence-corrected chi connectivity index (χ4v) is 8.64. The van der Waals surface area contributed by atoms with E-state index >= 15 is 0 Å². The van der Waals surface area contributed by atoms with Gasteiger partial charge in [0.05, 0.1) is 61.5 Å². The summed E-state index contributed by atoms with van der Waals surface area (Å²) in [5.41, 5.74) is -0.390. The molecule has 2 bridgehead atoms. The summed E-state index contributed by atoms with van der Waals surface area (Å²) in [5.74, 6) is -2.68. The van der Waals surface area contributed by atoms with Crippen LogP contribution in [-0.2, 0) is 47.5 Å². The second-order valence-electron chi connectivity index (χ2n) is 17.0. The van der Waals surface area contributed by atoms with Crippen LogP contribution in [0.2, 0.25) is 0 Å². The number of epoxide rings is 1. The lowest BCUT2D eigenvalue weighted by Crippen LogP contribution is -2.49. The maximum absolute atomic E-state index is 13.6. The maximum atomic E-state index is 13.6. The largest absolute Gasteiger partial charge is 0.458 e. The number of nitrogens with zero attached hydrogens (tertiary/aromatic N) is 1. The molecular formula is C45H73NO13. The van der Waals surface area contributed by atoms with Gasteiger partial charge in [0.1, 0.15) is 17.5 Å². The number of Topliss-reactive ketones (excluding diaryl/α,β-unsaturated/α-hetero) is 1. The van der Waals surface area contributed by atoms with Crippen molar-refractivity contribution in [3.8, 4) is 0 Å². The van der Waals surface area contributed by atoms with E-state index in [0.29, 0.717) is 44.1 Å². The predicted molar refractivity (Wildman–Crippen MR) is 222 cm³/mol. The molecule has 0 aromatic carbocycles. The van der Waals surface area contributed by atoms with Crippen LogP contribution in [0.1, 0.15) is 80.1 Å². The first-order chi connectivity index (χ1) is 28.0. The number of ether oxygens (including phenoxy) is 7. The molecule has 1 spiro atoms. The molecule has 1 fully saturated rings. The molecule has 14 nitrogen and oxygen atoms in total.